The zero-order chi connectivity index (χ0) is 9.46. The molecule has 8 heteroatoms. The number of aromatic hydroxyl groups is 2. The number of anilines is 2. The van der Waals surface area contributed by atoms with Crippen LogP contribution in [0.15, 0.2) is 0 Å². The van der Waals surface area contributed by atoms with Gasteiger partial charge < -0.3 is 20.6 Å². The lowest BCUT2D eigenvalue weighted by Crippen LogP contribution is -2.63. The minimum absolute atomic E-state index is 0.385. The van der Waals surface area contributed by atoms with Gasteiger partial charge >= 0.3 is 11.6 Å². The number of nitrogen functional groups attached to an aromatic ring is 2. The third-order valence-electron chi connectivity index (χ3n) is 1.29. The van der Waals surface area contributed by atoms with Crippen molar-refractivity contribution in [2.24, 2.45) is 0 Å². The van der Waals surface area contributed by atoms with Gasteiger partial charge in [0.05, 0.1) is 0 Å². The number of aromatic nitrogens is 2. The molecule has 0 atom stereocenters. The molecule has 0 aromatic carbocycles. The first-order valence-corrected chi connectivity index (χ1v) is 2.79. The van der Waals surface area contributed by atoms with E-state index in [9.17, 15) is 10.4 Å². The summed E-state index contributed by atoms with van der Waals surface area (Å²) in [5, 5.41) is 39.0. The third kappa shape index (κ3) is 0.779. The summed E-state index contributed by atoms with van der Waals surface area (Å²) in [6.07, 6.45) is 0. The predicted molar refractivity (Wildman–Crippen MR) is 36.5 cm³/mol. The van der Waals surface area contributed by atoms with Gasteiger partial charge in [0.1, 0.15) is 0 Å². The lowest BCUT2D eigenvalue weighted by atomic mass is 10.4. The van der Waals surface area contributed by atoms with Crippen LogP contribution in [0.4, 0.5) is 11.6 Å². The van der Waals surface area contributed by atoms with Gasteiger partial charge in [0.25, 0.3) is 11.5 Å². The van der Waals surface area contributed by atoms with Crippen LogP contribution in [0.5, 0.6) is 11.5 Å². The third-order valence-corrected chi connectivity index (χ3v) is 1.29. The van der Waals surface area contributed by atoms with Gasteiger partial charge in [-0.15, -0.1) is 0 Å². The Morgan fingerprint density at radius 1 is 0.917 bits per heavy atom. The maximum atomic E-state index is 10.7. The van der Waals surface area contributed by atoms with Gasteiger partial charge in [-0.1, -0.05) is 9.69 Å². The minimum atomic E-state index is -0.908. The van der Waals surface area contributed by atoms with Gasteiger partial charge in [-0.2, -0.15) is 0 Å². The first kappa shape index (κ1) is 7.98. The number of rotatable bonds is 0. The van der Waals surface area contributed by atoms with E-state index in [1.165, 1.54) is 0 Å². The molecule has 1 aromatic rings. The van der Waals surface area contributed by atoms with Crippen molar-refractivity contribution in [2.75, 3.05) is 11.5 Å². The van der Waals surface area contributed by atoms with Gasteiger partial charge in [0, 0.05) is 0 Å². The van der Waals surface area contributed by atoms with Gasteiger partial charge in [0.15, 0.2) is 0 Å². The molecule has 1 heterocycles. The molecule has 0 bridgehead atoms. The van der Waals surface area contributed by atoms with E-state index in [4.69, 9.17) is 21.7 Å². The Kier molecular flexibility index (Phi) is 1.45. The highest BCUT2D eigenvalue weighted by molar-refractivity contribution is 5.57. The molecule has 66 valence electrons. The lowest BCUT2D eigenvalue weighted by Gasteiger charge is -2.12. The fourth-order valence-corrected chi connectivity index (χ4v) is 0.620. The molecule has 0 fully saturated rings. The molecular formula is C4H6N4O4. The first-order chi connectivity index (χ1) is 5.46. The van der Waals surface area contributed by atoms with Crippen LogP contribution in [0.3, 0.4) is 0 Å². The van der Waals surface area contributed by atoms with Crippen molar-refractivity contribution >= 4 is 11.6 Å². The highest BCUT2D eigenvalue weighted by atomic mass is 16.6. The fourth-order valence-electron chi connectivity index (χ4n) is 0.620. The molecule has 0 amide bonds. The van der Waals surface area contributed by atoms with E-state index < -0.39 is 23.1 Å². The van der Waals surface area contributed by atoms with Crippen molar-refractivity contribution in [1.29, 1.82) is 0 Å². The van der Waals surface area contributed by atoms with E-state index >= 15 is 0 Å². The lowest BCUT2D eigenvalue weighted by molar-refractivity contribution is -1.17. The van der Waals surface area contributed by atoms with Crippen molar-refractivity contribution in [3.8, 4) is 11.5 Å². The maximum absolute atomic E-state index is 10.7. The molecule has 0 radical (unpaired) electrons. The van der Waals surface area contributed by atoms with E-state index in [-0.39, 0.29) is 9.69 Å². The Labute approximate surface area is 66.0 Å². The van der Waals surface area contributed by atoms with Crippen molar-refractivity contribution in [1.82, 2.24) is 0 Å². The summed E-state index contributed by atoms with van der Waals surface area (Å²) in [6, 6.07) is 0. The second-order valence-electron chi connectivity index (χ2n) is 2.01. The Balaban J connectivity index is 3.60. The zero-order valence-corrected chi connectivity index (χ0v) is 5.76. The zero-order valence-electron chi connectivity index (χ0n) is 5.76. The Hall–Kier alpha value is -2.12. The number of nitrogens with two attached hydrogens (primary N) is 2. The molecule has 0 aliphatic carbocycles. The van der Waals surface area contributed by atoms with E-state index in [0.717, 1.165) is 0 Å². The second-order valence-corrected chi connectivity index (χ2v) is 2.01. The van der Waals surface area contributed by atoms with Gasteiger partial charge in [0.2, 0.25) is 0 Å². The topological polar surface area (TPSA) is 146 Å². The Morgan fingerprint density at radius 3 is 1.42 bits per heavy atom. The second kappa shape index (κ2) is 2.19. The molecule has 12 heavy (non-hydrogen) atoms. The summed E-state index contributed by atoms with van der Waals surface area (Å²) in [5.74, 6) is -3.43. The van der Waals surface area contributed by atoms with Gasteiger partial charge in [-0.05, 0) is 0 Å². The molecule has 1 aromatic heterocycles. The summed E-state index contributed by atoms with van der Waals surface area (Å²) in [6.45, 7) is 0. The van der Waals surface area contributed by atoms with Crippen LogP contribution in [0.2, 0.25) is 0 Å². The van der Waals surface area contributed by atoms with Crippen molar-refractivity contribution < 1.29 is 19.9 Å². The standard InChI is InChI=1S/C4H6N4O4/c5-3-1(9)2(10)4(6)8(12)7(3)11/h9-10H,5-6H2. The average Bonchev–Trinajstić information content (AvgIpc) is 2.08. The number of hydrogen-bond acceptors (Lipinski definition) is 6. The van der Waals surface area contributed by atoms with E-state index in [2.05, 4.69) is 0 Å². The quantitative estimate of drug-likeness (QED) is 0.253. The molecule has 1 rings (SSSR count). The van der Waals surface area contributed by atoms with Crippen molar-refractivity contribution in [3.63, 3.8) is 0 Å². The summed E-state index contributed by atoms with van der Waals surface area (Å²) < 4.78 is 0. The molecule has 0 aliphatic heterocycles. The molecule has 0 unspecified atom stereocenters. The van der Waals surface area contributed by atoms with Crippen molar-refractivity contribution in [2.45, 2.75) is 0 Å². The van der Waals surface area contributed by atoms with Crippen LogP contribution < -0.4 is 21.2 Å². The fraction of sp³-hybridized carbons (Fsp3) is 0. The average molecular weight is 174 g/mol. The largest absolute Gasteiger partial charge is 0.675 e. The van der Waals surface area contributed by atoms with Crippen LogP contribution in [0, 0.1) is 10.4 Å². The Morgan fingerprint density at radius 2 is 1.17 bits per heavy atom. The van der Waals surface area contributed by atoms with Crippen LogP contribution in [0.1, 0.15) is 0 Å². The van der Waals surface area contributed by atoms with Gasteiger partial charge in [-0.25, -0.2) is 0 Å². The van der Waals surface area contributed by atoms with Gasteiger partial charge in [-0.3, -0.25) is 11.5 Å². The summed E-state index contributed by atoms with van der Waals surface area (Å²) in [7, 11) is 0. The van der Waals surface area contributed by atoms with Crippen LogP contribution >= 0.6 is 0 Å². The van der Waals surface area contributed by atoms with E-state index in [0.29, 0.717) is 0 Å². The molecule has 8 nitrogen and oxygen atoms in total. The molecule has 0 spiro atoms. The molecule has 0 saturated heterocycles. The highest BCUT2D eigenvalue weighted by Crippen LogP contribution is 2.30. The number of hydrogen-bond donors (Lipinski definition) is 4. The molecule has 6 N–H and O–H groups in total. The Bertz CT molecular complexity index is 233. The molecule has 0 saturated carbocycles. The summed E-state index contributed by atoms with van der Waals surface area (Å²) >= 11 is 0. The number of nitrogens with zero attached hydrogens (tertiary/aromatic N) is 2. The molecular weight excluding hydrogens is 168 g/mol. The van der Waals surface area contributed by atoms with Crippen LogP contribution in [-0.4, -0.2) is 10.2 Å². The maximum Gasteiger partial charge on any atom is 0.360 e. The van der Waals surface area contributed by atoms with E-state index in [1.807, 2.05) is 0 Å². The smallest absolute Gasteiger partial charge is 0.360 e. The van der Waals surface area contributed by atoms with E-state index in [1.54, 1.807) is 0 Å². The SMILES string of the molecule is Nc1c(O)c(O)c(N)[n+]([O-])[n+]1[O-]. The normalized spacial score (nSPS) is 10.0. The van der Waals surface area contributed by atoms with Crippen LogP contribution in [-0.2, 0) is 0 Å². The first-order valence-electron chi connectivity index (χ1n) is 2.79. The summed E-state index contributed by atoms with van der Waals surface area (Å²) in [5.41, 5.74) is 9.83. The highest BCUT2D eigenvalue weighted by Gasteiger charge is 2.22. The predicted octanol–water partition coefficient (Wildman–Crippen LogP) is -2.47. The minimum Gasteiger partial charge on any atom is -0.675 e. The summed E-state index contributed by atoms with van der Waals surface area (Å²) in [4.78, 5) is -0.769. The molecule has 0 aliphatic rings. The van der Waals surface area contributed by atoms with Crippen molar-refractivity contribution in [3.05, 3.63) is 10.4 Å². The van der Waals surface area contributed by atoms with Crippen LogP contribution in [0.25, 0.3) is 0 Å². The monoisotopic (exact) mass is 174 g/mol.